The second-order valence-electron chi connectivity index (χ2n) is 9.16. The van der Waals surface area contributed by atoms with E-state index in [4.69, 9.17) is 0 Å². The summed E-state index contributed by atoms with van der Waals surface area (Å²) in [6.07, 6.45) is 0.752. The van der Waals surface area contributed by atoms with Gasteiger partial charge in [0.1, 0.15) is 12.6 Å². The van der Waals surface area contributed by atoms with Gasteiger partial charge in [0.2, 0.25) is 11.8 Å². The highest BCUT2D eigenvalue weighted by Gasteiger charge is 2.32. The molecule has 3 rings (SSSR count). The number of para-hydroxylation sites is 1. The van der Waals surface area contributed by atoms with Crippen molar-refractivity contribution in [1.29, 1.82) is 0 Å². The van der Waals surface area contributed by atoms with Gasteiger partial charge in [-0.1, -0.05) is 73.2 Å². The normalized spacial score (nSPS) is 12.9. The molecule has 3 aromatic carbocycles. The number of carbonyl (C=O) groups excluding carboxylic acids is 2. The van der Waals surface area contributed by atoms with Crippen molar-refractivity contribution < 1.29 is 18.0 Å². The van der Waals surface area contributed by atoms with Crippen molar-refractivity contribution in [2.75, 3.05) is 10.8 Å². The Bertz CT molecular complexity index is 1280. The third-order valence-corrected chi connectivity index (χ3v) is 8.08. The van der Waals surface area contributed by atoms with Crippen LogP contribution in [0.15, 0.2) is 89.8 Å². The molecule has 37 heavy (non-hydrogen) atoms. The molecular formula is C29H35N3O4S. The smallest absolute Gasteiger partial charge is 0.264 e. The highest BCUT2D eigenvalue weighted by Crippen LogP contribution is 2.24. The first-order valence-electron chi connectivity index (χ1n) is 12.4. The van der Waals surface area contributed by atoms with Gasteiger partial charge in [-0.15, -0.1) is 0 Å². The Kier molecular flexibility index (Phi) is 9.47. The van der Waals surface area contributed by atoms with Gasteiger partial charge in [0.05, 0.1) is 10.6 Å². The predicted molar refractivity (Wildman–Crippen MR) is 147 cm³/mol. The quantitative estimate of drug-likeness (QED) is 0.402. The summed E-state index contributed by atoms with van der Waals surface area (Å²) < 4.78 is 28.6. The van der Waals surface area contributed by atoms with Gasteiger partial charge in [0, 0.05) is 12.6 Å². The number of nitrogens with one attached hydrogen (secondary N) is 1. The van der Waals surface area contributed by atoms with Crippen molar-refractivity contribution in [3.63, 3.8) is 0 Å². The SMILES string of the molecule is CC[C@H](C)NC(=O)[C@H](C)N(Cc1ccccc1)C(=O)CN(c1ccccc1)S(=O)(=O)c1ccc(C)cc1. The molecule has 0 spiro atoms. The number of amides is 2. The lowest BCUT2D eigenvalue weighted by atomic mass is 10.1. The Morgan fingerprint density at radius 2 is 1.43 bits per heavy atom. The van der Waals surface area contributed by atoms with Crippen LogP contribution in [0.25, 0.3) is 0 Å². The van der Waals surface area contributed by atoms with Crippen LogP contribution in [0.1, 0.15) is 38.3 Å². The predicted octanol–water partition coefficient (Wildman–Crippen LogP) is 4.52. The molecule has 0 aliphatic rings. The van der Waals surface area contributed by atoms with E-state index in [1.54, 1.807) is 49.4 Å². The van der Waals surface area contributed by atoms with E-state index in [2.05, 4.69) is 5.32 Å². The molecule has 0 fully saturated rings. The molecule has 0 bridgehead atoms. The molecule has 2 amide bonds. The first kappa shape index (κ1) is 27.9. The molecule has 0 heterocycles. The molecule has 0 aliphatic heterocycles. The summed E-state index contributed by atoms with van der Waals surface area (Å²) in [5, 5.41) is 2.93. The molecular weight excluding hydrogens is 486 g/mol. The summed E-state index contributed by atoms with van der Waals surface area (Å²) in [4.78, 5) is 28.4. The zero-order valence-electron chi connectivity index (χ0n) is 21.8. The summed E-state index contributed by atoms with van der Waals surface area (Å²) >= 11 is 0. The van der Waals surface area contributed by atoms with E-state index in [1.807, 2.05) is 51.1 Å². The number of hydrogen-bond donors (Lipinski definition) is 1. The number of carbonyl (C=O) groups is 2. The number of hydrogen-bond acceptors (Lipinski definition) is 4. The van der Waals surface area contributed by atoms with E-state index in [1.165, 1.54) is 17.0 Å². The Balaban J connectivity index is 1.98. The fourth-order valence-electron chi connectivity index (χ4n) is 3.79. The summed E-state index contributed by atoms with van der Waals surface area (Å²) in [6, 6.07) is 23.5. The molecule has 3 aromatic rings. The van der Waals surface area contributed by atoms with Crippen LogP contribution in [0.2, 0.25) is 0 Å². The number of sulfonamides is 1. The molecule has 0 aliphatic carbocycles. The zero-order valence-corrected chi connectivity index (χ0v) is 22.6. The maximum absolute atomic E-state index is 13.8. The van der Waals surface area contributed by atoms with Crippen molar-refractivity contribution in [2.45, 2.75) is 57.6 Å². The summed E-state index contributed by atoms with van der Waals surface area (Å²) in [6.45, 7) is 7.13. The maximum atomic E-state index is 13.8. The molecule has 0 aromatic heterocycles. The van der Waals surface area contributed by atoms with Gasteiger partial charge in [-0.3, -0.25) is 13.9 Å². The number of aryl methyl sites for hydroxylation is 1. The van der Waals surface area contributed by atoms with Crippen molar-refractivity contribution in [3.8, 4) is 0 Å². The van der Waals surface area contributed by atoms with Crippen molar-refractivity contribution in [3.05, 3.63) is 96.1 Å². The molecule has 0 unspecified atom stereocenters. The van der Waals surface area contributed by atoms with Gasteiger partial charge in [0.25, 0.3) is 10.0 Å². The van der Waals surface area contributed by atoms with Crippen molar-refractivity contribution >= 4 is 27.5 Å². The molecule has 0 saturated heterocycles. The van der Waals surface area contributed by atoms with E-state index >= 15 is 0 Å². The third kappa shape index (κ3) is 7.20. The van der Waals surface area contributed by atoms with E-state index in [-0.39, 0.29) is 23.4 Å². The second-order valence-corrected chi connectivity index (χ2v) is 11.0. The Morgan fingerprint density at radius 1 is 0.865 bits per heavy atom. The topological polar surface area (TPSA) is 86.8 Å². The molecule has 8 heteroatoms. The van der Waals surface area contributed by atoms with Gasteiger partial charge in [-0.05, 0) is 57.0 Å². The van der Waals surface area contributed by atoms with Crippen molar-refractivity contribution in [1.82, 2.24) is 10.2 Å². The van der Waals surface area contributed by atoms with Crippen molar-refractivity contribution in [2.24, 2.45) is 0 Å². The standard InChI is InChI=1S/C29H35N3O4S/c1-5-23(3)30-29(34)24(4)31(20-25-12-8-6-9-13-25)28(33)21-32(26-14-10-7-11-15-26)37(35,36)27-18-16-22(2)17-19-27/h6-19,23-24H,5,20-21H2,1-4H3,(H,30,34)/t23-,24-/m0/s1. The van der Waals surface area contributed by atoms with Crippen LogP contribution < -0.4 is 9.62 Å². The summed E-state index contributed by atoms with van der Waals surface area (Å²) in [5.41, 5.74) is 2.14. The lowest BCUT2D eigenvalue weighted by Crippen LogP contribution is -2.52. The van der Waals surface area contributed by atoms with Gasteiger partial charge in [-0.25, -0.2) is 8.42 Å². The monoisotopic (exact) mass is 521 g/mol. The Hall–Kier alpha value is -3.65. The minimum absolute atomic E-state index is 0.0497. The fourth-order valence-corrected chi connectivity index (χ4v) is 5.20. The average molecular weight is 522 g/mol. The summed E-state index contributed by atoms with van der Waals surface area (Å²) in [5.74, 6) is -0.763. The molecule has 2 atom stereocenters. The van der Waals surface area contributed by atoms with E-state index in [0.29, 0.717) is 5.69 Å². The minimum atomic E-state index is -4.06. The number of rotatable bonds is 11. The molecule has 196 valence electrons. The molecule has 0 saturated carbocycles. The number of anilines is 1. The van der Waals surface area contributed by atoms with Gasteiger partial charge < -0.3 is 10.2 Å². The highest BCUT2D eigenvalue weighted by atomic mass is 32.2. The van der Waals surface area contributed by atoms with E-state index in [9.17, 15) is 18.0 Å². The van der Waals surface area contributed by atoms with Gasteiger partial charge in [-0.2, -0.15) is 0 Å². The maximum Gasteiger partial charge on any atom is 0.264 e. The van der Waals surface area contributed by atoms with Crippen LogP contribution in [0, 0.1) is 6.92 Å². The highest BCUT2D eigenvalue weighted by molar-refractivity contribution is 7.92. The lowest BCUT2D eigenvalue weighted by molar-refractivity contribution is -0.139. The van der Waals surface area contributed by atoms with Crippen LogP contribution >= 0.6 is 0 Å². The molecule has 0 radical (unpaired) electrons. The first-order chi connectivity index (χ1) is 17.6. The van der Waals surface area contributed by atoms with Crippen LogP contribution in [0.3, 0.4) is 0 Å². The molecule has 1 N–H and O–H groups in total. The van der Waals surface area contributed by atoms with Crippen LogP contribution in [-0.4, -0.2) is 43.8 Å². The Morgan fingerprint density at radius 3 is 2.00 bits per heavy atom. The first-order valence-corrected chi connectivity index (χ1v) is 13.9. The zero-order chi connectivity index (χ0) is 27.0. The average Bonchev–Trinajstić information content (AvgIpc) is 2.91. The second kappa shape index (κ2) is 12.5. The third-order valence-electron chi connectivity index (χ3n) is 6.30. The fraction of sp³-hybridized carbons (Fsp3) is 0.310. The number of benzene rings is 3. The van der Waals surface area contributed by atoms with Crippen LogP contribution in [0.4, 0.5) is 5.69 Å². The number of nitrogens with zero attached hydrogens (tertiary/aromatic N) is 2. The van der Waals surface area contributed by atoms with Gasteiger partial charge >= 0.3 is 0 Å². The van der Waals surface area contributed by atoms with E-state index < -0.39 is 28.5 Å². The van der Waals surface area contributed by atoms with Crippen LogP contribution in [0.5, 0.6) is 0 Å². The molecule has 7 nitrogen and oxygen atoms in total. The Labute approximate surface area is 220 Å². The van der Waals surface area contributed by atoms with Crippen LogP contribution in [-0.2, 0) is 26.2 Å². The van der Waals surface area contributed by atoms with Gasteiger partial charge in [0.15, 0.2) is 0 Å². The largest absolute Gasteiger partial charge is 0.352 e. The lowest BCUT2D eigenvalue weighted by Gasteiger charge is -2.32. The minimum Gasteiger partial charge on any atom is -0.352 e. The van der Waals surface area contributed by atoms with E-state index in [0.717, 1.165) is 21.9 Å². The summed E-state index contributed by atoms with van der Waals surface area (Å²) in [7, 11) is -4.06.